The van der Waals surface area contributed by atoms with Crippen molar-refractivity contribution in [3.05, 3.63) is 69.1 Å². The molecule has 2 aliphatic heterocycles. The number of rotatable bonds is 0. The molecule has 1 aromatic carbocycles. The smallest absolute Gasteiger partial charge is 0.344 e. The Kier molecular flexibility index (Phi) is 2.63. The molecular formula is C17H11N3O4. The van der Waals surface area contributed by atoms with Gasteiger partial charge in [-0.1, -0.05) is 18.2 Å². The Bertz CT molecular complexity index is 1040. The quantitative estimate of drug-likeness (QED) is 0.754. The number of nitrogens with zero attached hydrogens (tertiary/aromatic N) is 1. The molecule has 0 radical (unpaired) electrons. The third-order valence-electron chi connectivity index (χ3n) is 4.37. The molecule has 1 amide bonds. The molecule has 4 rings (SSSR count). The van der Waals surface area contributed by atoms with Gasteiger partial charge in [0.15, 0.2) is 5.41 Å². The van der Waals surface area contributed by atoms with Crippen LogP contribution in [-0.4, -0.2) is 5.91 Å². The molecule has 0 fully saturated rings. The second-order valence-electron chi connectivity index (χ2n) is 5.61. The molecule has 3 N–H and O–H groups in total. The first-order chi connectivity index (χ1) is 11.5. The summed E-state index contributed by atoms with van der Waals surface area (Å²) in [6, 6.07) is 8.77. The number of nitrogens with two attached hydrogens (primary N) is 1. The standard InChI is InChI=1S/C17H11N3O4/c1-8-7-23-15(21)12-13(8)24-14(19)10(6-18)17(12)9-4-2-3-5-11(9)20-16(17)22/h2-5,7H,19H2,1H3,(H,20,22). The van der Waals surface area contributed by atoms with Crippen molar-refractivity contribution < 1.29 is 13.9 Å². The Hall–Kier alpha value is -3.53. The van der Waals surface area contributed by atoms with Gasteiger partial charge in [0.05, 0.1) is 0 Å². The van der Waals surface area contributed by atoms with Gasteiger partial charge in [0, 0.05) is 16.8 Å². The number of anilines is 1. The van der Waals surface area contributed by atoms with Crippen molar-refractivity contribution in [2.24, 2.45) is 5.73 Å². The normalized spacial score (nSPS) is 20.9. The first-order valence-corrected chi connectivity index (χ1v) is 7.13. The highest BCUT2D eigenvalue weighted by Crippen LogP contribution is 2.52. The van der Waals surface area contributed by atoms with Crippen molar-refractivity contribution in [2.75, 3.05) is 5.32 Å². The van der Waals surface area contributed by atoms with Crippen LogP contribution in [0.1, 0.15) is 16.7 Å². The predicted molar refractivity (Wildman–Crippen MR) is 83.0 cm³/mol. The Morgan fingerprint density at radius 2 is 2.04 bits per heavy atom. The molecule has 7 nitrogen and oxygen atoms in total. The Labute approximate surface area is 136 Å². The molecule has 0 saturated heterocycles. The maximum atomic E-state index is 13.0. The molecule has 7 heteroatoms. The molecule has 1 aromatic heterocycles. The maximum Gasteiger partial charge on any atom is 0.344 e. The maximum absolute atomic E-state index is 13.0. The first-order valence-electron chi connectivity index (χ1n) is 7.13. The average molecular weight is 321 g/mol. The topological polar surface area (TPSA) is 118 Å². The molecule has 1 atom stereocenters. The monoisotopic (exact) mass is 321 g/mol. The van der Waals surface area contributed by atoms with E-state index in [-0.39, 0.29) is 22.8 Å². The lowest BCUT2D eigenvalue weighted by Gasteiger charge is -2.32. The molecule has 24 heavy (non-hydrogen) atoms. The van der Waals surface area contributed by atoms with Crippen molar-refractivity contribution in [3.8, 4) is 11.8 Å². The van der Waals surface area contributed by atoms with Crippen molar-refractivity contribution in [1.29, 1.82) is 5.26 Å². The van der Waals surface area contributed by atoms with E-state index in [1.807, 2.05) is 6.07 Å². The van der Waals surface area contributed by atoms with Crippen LogP contribution in [0.2, 0.25) is 0 Å². The Balaban J connectivity index is 2.24. The minimum absolute atomic E-state index is 0.0318. The second-order valence-corrected chi connectivity index (χ2v) is 5.61. The van der Waals surface area contributed by atoms with Gasteiger partial charge in [0.25, 0.3) is 0 Å². The summed E-state index contributed by atoms with van der Waals surface area (Å²) in [6.45, 7) is 1.67. The lowest BCUT2D eigenvalue weighted by molar-refractivity contribution is -0.118. The van der Waals surface area contributed by atoms with Gasteiger partial charge < -0.3 is 20.2 Å². The zero-order chi connectivity index (χ0) is 17.1. The summed E-state index contributed by atoms with van der Waals surface area (Å²) in [5.41, 5.74) is 4.82. The van der Waals surface area contributed by atoms with E-state index in [0.29, 0.717) is 16.8 Å². The van der Waals surface area contributed by atoms with Crippen molar-refractivity contribution >= 4 is 11.6 Å². The number of fused-ring (bicyclic) bond motifs is 4. The van der Waals surface area contributed by atoms with Crippen molar-refractivity contribution in [2.45, 2.75) is 12.3 Å². The van der Waals surface area contributed by atoms with Gasteiger partial charge in [0.1, 0.15) is 29.2 Å². The van der Waals surface area contributed by atoms with Gasteiger partial charge >= 0.3 is 5.63 Å². The fourth-order valence-electron chi connectivity index (χ4n) is 3.36. The molecule has 118 valence electrons. The highest BCUT2D eigenvalue weighted by atomic mass is 16.5. The van der Waals surface area contributed by atoms with E-state index in [9.17, 15) is 14.9 Å². The van der Waals surface area contributed by atoms with E-state index < -0.39 is 16.9 Å². The SMILES string of the molecule is Cc1coc(=O)c2c1OC(N)=C(C#N)C21C(=O)Nc2ccccc21. The van der Waals surface area contributed by atoms with E-state index in [4.69, 9.17) is 14.9 Å². The summed E-state index contributed by atoms with van der Waals surface area (Å²) in [5.74, 6) is -0.592. The summed E-state index contributed by atoms with van der Waals surface area (Å²) < 4.78 is 10.5. The van der Waals surface area contributed by atoms with Crippen molar-refractivity contribution in [1.82, 2.24) is 0 Å². The number of benzene rings is 1. The first kappa shape index (κ1) is 14.1. The lowest BCUT2D eigenvalue weighted by atomic mass is 9.69. The zero-order valence-corrected chi connectivity index (χ0v) is 12.5. The molecule has 0 bridgehead atoms. The van der Waals surface area contributed by atoms with Crippen LogP contribution in [0.15, 0.2) is 51.2 Å². The number of carbonyl (C=O) groups excluding carboxylic acids is 1. The van der Waals surface area contributed by atoms with Gasteiger partial charge in [-0.15, -0.1) is 0 Å². The van der Waals surface area contributed by atoms with Crippen LogP contribution in [-0.2, 0) is 10.2 Å². The van der Waals surface area contributed by atoms with E-state index in [1.165, 1.54) is 6.26 Å². The molecule has 2 aromatic rings. The predicted octanol–water partition coefficient (Wildman–Crippen LogP) is 1.27. The van der Waals surface area contributed by atoms with Gasteiger partial charge in [-0.05, 0) is 13.0 Å². The summed E-state index contributed by atoms with van der Waals surface area (Å²) in [4.78, 5) is 25.5. The van der Waals surface area contributed by atoms with Crippen LogP contribution in [0.4, 0.5) is 5.69 Å². The third-order valence-corrected chi connectivity index (χ3v) is 4.37. The number of amides is 1. The Morgan fingerprint density at radius 1 is 1.29 bits per heavy atom. The molecule has 1 spiro atoms. The van der Waals surface area contributed by atoms with Crippen LogP contribution in [0.25, 0.3) is 0 Å². The summed E-state index contributed by atoms with van der Waals surface area (Å²) >= 11 is 0. The zero-order valence-electron chi connectivity index (χ0n) is 12.5. The van der Waals surface area contributed by atoms with E-state index >= 15 is 0 Å². The molecule has 2 aliphatic rings. The van der Waals surface area contributed by atoms with Crippen LogP contribution in [0, 0.1) is 18.3 Å². The highest BCUT2D eigenvalue weighted by molar-refractivity contribution is 6.12. The van der Waals surface area contributed by atoms with Crippen LogP contribution in [0.3, 0.4) is 0 Å². The molecular weight excluding hydrogens is 310 g/mol. The lowest BCUT2D eigenvalue weighted by Crippen LogP contribution is -2.45. The minimum atomic E-state index is -1.67. The number of hydrogen-bond acceptors (Lipinski definition) is 6. The van der Waals surface area contributed by atoms with E-state index in [1.54, 1.807) is 31.2 Å². The van der Waals surface area contributed by atoms with E-state index in [0.717, 1.165) is 0 Å². The summed E-state index contributed by atoms with van der Waals surface area (Å²) in [5, 5.41) is 12.4. The largest absolute Gasteiger partial charge is 0.439 e. The van der Waals surface area contributed by atoms with E-state index in [2.05, 4.69) is 5.32 Å². The number of hydrogen-bond donors (Lipinski definition) is 2. The van der Waals surface area contributed by atoms with Gasteiger partial charge in [-0.2, -0.15) is 5.26 Å². The molecule has 0 aliphatic carbocycles. The van der Waals surface area contributed by atoms with Gasteiger partial charge in [-0.3, -0.25) is 4.79 Å². The van der Waals surface area contributed by atoms with Crippen molar-refractivity contribution in [3.63, 3.8) is 0 Å². The molecule has 0 saturated carbocycles. The van der Waals surface area contributed by atoms with Crippen LogP contribution in [0.5, 0.6) is 5.75 Å². The fourth-order valence-corrected chi connectivity index (χ4v) is 3.36. The Morgan fingerprint density at radius 3 is 2.79 bits per heavy atom. The number of nitriles is 1. The summed E-state index contributed by atoms with van der Waals surface area (Å²) in [7, 11) is 0. The number of aryl methyl sites for hydroxylation is 1. The fraction of sp³-hybridized carbons (Fsp3) is 0.118. The second kappa shape index (κ2) is 4.49. The number of ether oxygens (including phenoxy) is 1. The van der Waals surface area contributed by atoms with Gasteiger partial charge in [0.2, 0.25) is 11.8 Å². The number of carbonyl (C=O) groups is 1. The molecule has 3 heterocycles. The summed E-state index contributed by atoms with van der Waals surface area (Å²) in [6.07, 6.45) is 1.23. The van der Waals surface area contributed by atoms with Gasteiger partial charge in [-0.25, -0.2) is 4.79 Å². The molecule has 1 unspecified atom stereocenters. The van der Waals surface area contributed by atoms with Crippen LogP contribution < -0.4 is 21.4 Å². The highest BCUT2D eigenvalue weighted by Gasteiger charge is 2.58. The minimum Gasteiger partial charge on any atom is -0.439 e. The number of para-hydroxylation sites is 1. The number of nitrogens with one attached hydrogen (secondary N) is 1. The third kappa shape index (κ3) is 1.44. The average Bonchev–Trinajstić information content (AvgIpc) is 2.84. The van der Waals surface area contributed by atoms with Crippen LogP contribution >= 0.6 is 0 Å².